The first-order chi connectivity index (χ1) is 9.47. The Bertz CT molecular complexity index is 375. The highest BCUT2D eigenvalue weighted by atomic mass is 16.5. The first-order valence-corrected chi connectivity index (χ1v) is 7.22. The number of urea groups is 1. The van der Waals surface area contributed by atoms with E-state index < -0.39 is 5.97 Å². The zero-order valence-electron chi connectivity index (χ0n) is 12.2. The minimum atomic E-state index is -0.786. The van der Waals surface area contributed by atoms with E-state index in [2.05, 4.69) is 5.32 Å². The van der Waals surface area contributed by atoms with E-state index >= 15 is 0 Å². The molecule has 6 nitrogen and oxygen atoms in total. The molecular formula is C14H24N2O4. The van der Waals surface area contributed by atoms with E-state index in [0.717, 1.165) is 25.9 Å². The third-order valence-electron chi connectivity index (χ3n) is 4.70. The average molecular weight is 284 g/mol. The molecule has 0 aromatic heterocycles. The van der Waals surface area contributed by atoms with Gasteiger partial charge in [-0.1, -0.05) is 6.92 Å². The maximum Gasteiger partial charge on any atom is 0.317 e. The summed E-state index contributed by atoms with van der Waals surface area (Å²) in [4.78, 5) is 24.5. The molecule has 6 heteroatoms. The molecule has 1 aliphatic carbocycles. The summed E-state index contributed by atoms with van der Waals surface area (Å²) in [5.41, 5.74) is 0.240. The Balaban J connectivity index is 1.66. The standard InChI is InChI=1S/C14H24N2O4/c1-10(12(17)18)11-7-16(8-11)13(19)15-9-14(3-4-14)5-6-20-2/h10-11H,3-9H2,1-2H3,(H,15,19)(H,17,18). The molecule has 1 saturated heterocycles. The number of hydrogen-bond acceptors (Lipinski definition) is 3. The van der Waals surface area contributed by atoms with Crippen molar-refractivity contribution in [2.45, 2.75) is 26.2 Å². The number of ether oxygens (including phenoxy) is 1. The van der Waals surface area contributed by atoms with Crippen molar-refractivity contribution in [1.29, 1.82) is 0 Å². The Kier molecular flexibility index (Phi) is 4.52. The second-order valence-corrected chi connectivity index (χ2v) is 6.19. The van der Waals surface area contributed by atoms with E-state index in [1.165, 1.54) is 0 Å². The third-order valence-corrected chi connectivity index (χ3v) is 4.70. The lowest BCUT2D eigenvalue weighted by Crippen LogP contribution is -2.57. The number of likely N-dealkylation sites (tertiary alicyclic amines) is 1. The fraction of sp³-hybridized carbons (Fsp3) is 0.857. The summed E-state index contributed by atoms with van der Waals surface area (Å²) < 4.78 is 5.09. The molecule has 0 bridgehead atoms. The molecule has 0 radical (unpaired) electrons. The minimum Gasteiger partial charge on any atom is -0.481 e. The zero-order valence-corrected chi connectivity index (χ0v) is 12.2. The van der Waals surface area contributed by atoms with Crippen LogP contribution in [0.25, 0.3) is 0 Å². The lowest BCUT2D eigenvalue weighted by molar-refractivity contribution is -0.144. The number of carboxylic acids is 1. The number of hydrogen-bond donors (Lipinski definition) is 2. The molecule has 1 aliphatic heterocycles. The molecular weight excluding hydrogens is 260 g/mol. The normalized spacial score (nSPS) is 22.0. The van der Waals surface area contributed by atoms with Crippen molar-refractivity contribution >= 4 is 12.0 Å². The monoisotopic (exact) mass is 284 g/mol. The Morgan fingerprint density at radius 1 is 1.45 bits per heavy atom. The van der Waals surface area contributed by atoms with Gasteiger partial charge in [0.05, 0.1) is 5.92 Å². The van der Waals surface area contributed by atoms with Crippen LogP contribution in [-0.4, -0.2) is 55.4 Å². The van der Waals surface area contributed by atoms with Gasteiger partial charge >= 0.3 is 12.0 Å². The Morgan fingerprint density at radius 3 is 2.60 bits per heavy atom. The van der Waals surface area contributed by atoms with Gasteiger partial charge in [-0.05, 0) is 24.7 Å². The van der Waals surface area contributed by atoms with E-state index in [1.54, 1.807) is 18.9 Å². The highest BCUT2D eigenvalue weighted by Gasteiger charge is 2.43. The van der Waals surface area contributed by atoms with Crippen molar-refractivity contribution in [3.05, 3.63) is 0 Å². The van der Waals surface area contributed by atoms with Crippen LogP contribution in [0.15, 0.2) is 0 Å². The minimum absolute atomic E-state index is 0.0671. The molecule has 0 spiro atoms. The van der Waals surface area contributed by atoms with Crippen LogP contribution < -0.4 is 5.32 Å². The fourth-order valence-electron chi connectivity index (χ4n) is 2.58. The lowest BCUT2D eigenvalue weighted by atomic mass is 9.87. The molecule has 2 aliphatic rings. The topological polar surface area (TPSA) is 78.9 Å². The highest BCUT2D eigenvalue weighted by molar-refractivity contribution is 5.76. The van der Waals surface area contributed by atoms with Crippen molar-refractivity contribution in [3.8, 4) is 0 Å². The largest absolute Gasteiger partial charge is 0.481 e. The Labute approximate surface area is 119 Å². The number of amides is 2. The molecule has 2 rings (SSSR count). The van der Waals surface area contributed by atoms with Crippen molar-refractivity contribution < 1.29 is 19.4 Å². The maximum atomic E-state index is 11.9. The third kappa shape index (κ3) is 3.42. The summed E-state index contributed by atoms with van der Waals surface area (Å²) in [5.74, 6) is -1.08. The van der Waals surface area contributed by atoms with Gasteiger partial charge in [-0.3, -0.25) is 4.79 Å². The van der Waals surface area contributed by atoms with E-state index in [-0.39, 0.29) is 23.3 Å². The van der Waals surface area contributed by atoms with Crippen LogP contribution in [-0.2, 0) is 9.53 Å². The van der Waals surface area contributed by atoms with Gasteiger partial charge in [-0.2, -0.15) is 0 Å². The predicted molar refractivity (Wildman–Crippen MR) is 73.4 cm³/mol. The van der Waals surface area contributed by atoms with Crippen LogP contribution in [0.4, 0.5) is 4.79 Å². The molecule has 2 amide bonds. The van der Waals surface area contributed by atoms with Crippen LogP contribution in [0.3, 0.4) is 0 Å². The second kappa shape index (κ2) is 5.99. The Hall–Kier alpha value is -1.30. The zero-order chi connectivity index (χ0) is 14.8. The number of nitrogens with one attached hydrogen (secondary N) is 1. The van der Waals surface area contributed by atoms with Gasteiger partial charge in [0.1, 0.15) is 0 Å². The summed E-state index contributed by atoms with van der Waals surface area (Å²) in [6.07, 6.45) is 3.28. The molecule has 0 aromatic rings. The number of methoxy groups -OCH3 is 1. The molecule has 114 valence electrons. The van der Waals surface area contributed by atoms with Gasteiger partial charge in [0.15, 0.2) is 0 Å². The fourth-order valence-corrected chi connectivity index (χ4v) is 2.58. The maximum absolute atomic E-state index is 11.9. The summed E-state index contributed by atoms with van der Waals surface area (Å²) in [6, 6.07) is -0.0671. The number of carbonyl (C=O) groups excluding carboxylic acids is 1. The van der Waals surface area contributed by atoms with E-state index in [4.69, 9.17) is 9.84 Å². The first-order valence-electron chi connectivity index (χ1n) is 7.22. The molecule has 0 aromatic carbocycles. The van der Waals surface area contributed by atoms with Gasteiger partial charge in [0, 0.05) is 39.3 Å². The van der Waals surface area contributed by atoms with Crippen LogP contribution in [0.1, 0.15) is 26.2 Å². The van der Waals surface area contributed by atoms with E-state index in [9.17, 15) is 9.59 Å². The predicted octanol–water partition coefficient (Wildman–Crippen LogP) is 1.17. The molecule has 2 fully saturated rings. The van der Waals surface area contributed by atoms with Crippen molar-refractivity contribution in [1.82, 2.24) is 10.2 Å². The van der Waals surface area contributed by atoms with Crippen molar-refractivity contribution in [2.75, 3.05) is 33.4 Å². The smallest absolute Gasteiger partial charge is 0.317 e. The van der Waals surface area contributed by atoms with Gasteiger partial charge in [0.25, 0.3) is 0 Å². The lowest BCUT2D eigenvalue weighted by Gasteiger charge is -2.41. The number of carboxylic acid groups (broad SMARTS) is 1. The number of carbonyl (C=O) groups is 2. The highest BCUT2D eigenvalue weighted by Crippen LogP contribution is 2.48. The van der Waals surface area contributed by atoms with E-state index in [0.29, 0.717) is 19.6 Å². The Morgan fingerprint density at radius 2 is 2.10 bits per heavy atom. The van der Waals surface area contributed by atoms with E-state index in [1.807, 2.05) is 0 Å². The number of nitrogens with zero attached hydrogens (tertiary/aromatic N) is 1. The van der Waals surface area contributed by atoms with Crippen LogP contribution >= 0.6 is 0 Å². The molecule has 1 heterocycles. The first kappa shape index (κ1) is 15.1. The molecule has 1 unspecified atom stereocenters. The van der Waals surface area contributed by atoms with Crippen LogP contribution in [0, 0.1) is 17.3 Å². The number of aliphatic carboxylic acids is 1. The molecule has 1 saturated carbocycles. The van der Waals surface area contributed by atoms with Crippen molar-refractivity contribution in [3.63, 3.8) is 0 Å². The van der Waals surface area contributed by atoms with Gasteiger partial charge in [0.2, 0.25) is 0 Å². The summed E-state index contributed by atoms with van der Waals surface area (Å²) in [5, 5.41) is 11.9. The molecule has 20 heavy (non-hydrogen) atoms. The van der Waals surface area contributed by atoms with Gasteiger partial charge in [-0.25, -0.2) is 4.79 Å². The quantitative estimate of drug-likeness (QED) is 0.735. The van der Waals surface area contributed by atoms with Gasteiger partial charge < -0.3 is 20.1 Å². The van der Waals surface area contributed by atoms with Crippen LogP contribution in [0.5, 0.6) is 0 Å². The SMILES string of the molecule is COCCC1(CNC(=O)N2CC(C(C)C(=O)O)C2)CC1. The second-order valence-electron chi connectivity index (χ2n) is 6.19. The number of rotatable bonds is 7. The van der Waals surface area contributed by atoms with Crippen LogP contribution in [0.2, 0.25) is 0 Å². The molecule has 2 N–H and O–H groups in total. The summed E-state index contributed by atoms with van der Waals surface area (Å²) in [7, 11) is 1.69. The average Bonchev–Trinajstić information content (AvgIpc) is 3.12. The van der Waals surface area contributed by atoms with Gasteiger partial charge in [-0.15, -0.1) is 0 Å². The summed E-state index contributed by atoms with van der Waals surface area (Å²) in [6.45, 7) is 4.23. The molecule has 1 atom stereocenters. The van der Waals surface area contributed by atoms with Crippen molar-refractivity contribution in [2.24, 2.45) is 17.3 Å². The summed E-state index contributed by atoms with van der Waals surface area (Å²) >= 11 is 0.